The molecular formula is C18H17ClN4O5S2. The summed E-state index contributed by atoms with van der Waals surface area (Å²) in [4.78, 5) is 30.3. The molecule has 1 N–H and O–H groups in total. The van der Waals surface area contributed by atoms with Crippen molar-refractivity contribution in [1.29, 1.82) is 0 Å². The van der Waals surface area contributed by atoms with E-state index in [2.05, 4.69) is 10.4 Å². The van der Waals surface area contributed by atoms with Crippen molar-refractivity contribution in [1.82, 2.24) is 14.0 Å². The van der Waals surface area contributed by atoms with Gasteiger partial charge in [0.25, 0.3) is 11.5 Å². The van der Waals surface area contributed by atoms with Crippen molar-refractivity contribution in [3.8, 4) is 0 Å². The van der Waals surface area contributed by atoms with E-state index in [-0.39, 0.29) is 34.4 Å². The quantitative estimate of drug-likeness (QED) is 0.625. The Labute approximate surface area is 180 Å². The monoisotopic (exact) mass is 468 g/mol. The zero-order valence-electron chi connectivity index (χ0n) is 15.8. The van der Waals surface area contributed by atoms with Gasteiger partial charge in [0.2, 0.25) is 10.0 Å². The number of carbonyl (C=O) groups excluding carboxylic acids is 1. The number of aryl methyl sites for hydroxylation is 1. The first-order valence-corrected chi connectivity index (χ1v) is 11.6. The van der Waals surface area contributed by atoms with Crippen molar-refractivity contribution in [2.45, 2.75) is 11.8 Å². The summed E-state index contributed by atoms with van der Waals surface area (Å²) >= 11 is 7.48. The smallest absolute Gasteiger partial charge is 0.281 e. The van der Waals surface area contributed by atoms with Gasteiger partial charge in [0.05, 0.1) is 34.1 Å². The van der Waals surface area contributed by atoms with E-state index in [0.29, 0.717) is 23.4 Å². The van der Waals surface area contributed by atoms with Gasteiger partial charge >= 0.3 is 0 Å². The van der Waals surface area contributed by atoms with Gasteiger partial charge in [-0.1, -0.05) is 11.6 Å². The molecule has 0 bridgehead atoms. The molecule has 9 nitrogen and oxygen atoms in total. The number of benzene rings is 1. The molecule has 1 aliphatic heterocycles. The maximum absolute atomic E-state index is 12.9. The highest BCUT2D eigenvalue weighted by atomic mass is 35.5. The van der Waals surface area contributed by atoms with Crippen LogP contribution in [0.25, 0.3) is 10.2 Å². The summed E-state index contributed by atoms with van der Waals surface area (Å²) in [5, 5.41) is 2.17. The second-order valence-corrected chi connectivity index (χ2v) is 9.78. The van der Waals surface area contributed by atoms with E-state index in [1.54, 1.807) is 18.4 Å². The van der Waals surface area contributed by atoms with E-state index >= 15 is 0 Å². The van der Waals surface area contributed by atoms with Crippen molar-refractivity contribution in [3.63, 3.8) is 0 Å². The molecule has 4 rings (SSSR count). The minimum atomic E-state index is -3.81. The van der Waals surface area contributed by atoms with Crippen LogP contribution in [0.4, 0.5) is 0 Å². The van der Waals surface area contributed by atoms with Crippen LogP contribution in [0, 0.1) is 6.92 Å². The Bertz CT molecular complexity index is 1300. The third-order valence-electron chi connectivity index (χ3n) is 4.67. The molecule has 1 amide bonds. The second kappa shape index (κ2) is 8.08. The molecule has 158 valence electrons. The lowest BCUT2D eigenvalue weighted by Gasteiger charge is -2.26. The summed E-state index contributed by atoms with van der Waals surface area (Å²) in [6.07, 6.45) is 0. The van der Waals surface area contributed by atoms with Crippen molar-refractivity contribution in [2.75, 3.05) is 31.7 Å². The van der Waals surface area contributed by atoms with E-state index in [0.717, 1.165) is 4.68 Å². The van der Waals surface area contributed by atoms with Gasteiger partial charge in [-0.05, 0) is 36.6 Å². The van der Waals surface area contributed by atoms with Gasteiger partial charge in [0.1, 0.15) is 10.7 Å². The first-order chi connectivity index (χ1) is 14.3. The standard InChI is InChI=1S/C18H17ClN4O5S2/c1-11-20-17-13(4-9-29-17)18(25)23(11)21-16(24)14-10-12(2-3-15(14)19)30(26,27)22-5-7-28-8-6-22/h2-4,9-10H,5-8H2,1H3,(H,21,24). The number of ether oxygens (including phenoxy) is 1. The maximum atomic E-state index is 12.9. The third-order valence-corrected chi connectivity index (χ3v) is 7.70. The summed E-state index contributed by atoms with van der Waals surface area (Å²) in [6.45, 7) is 2.66. The summed E-state index contributed by atoms with van der Waals surface area (Å²) < 4.78 is 33.3. The first-order valence-electron chi connectivity index (χ1n) is 8.94. The fourth-order valence-corrected chi connectivity index (χ4v) is 5.52. The number of amides is 1. The Morgan fingerprint density at radius 3 is 2.73 bits per heavy atom. The molecule has 0 unspecified atom stereocenters. The molecule has 0 aliphatic carbocycles. The fraction of sp³-hybridized carbons (Fsp3) is 0.278. The number of morpholine rings is 1. The van der Waals surface area contributed by atoms with Gasteiger partial charge < -0.3 is 4.74 Å². The first kappa shape index (κ1) is 20.9. The van der Waals surface area contributed by atoms with Crippen LogP contribution in [-0.2, 0) is 14.8 Å². The van der Waals surface area contributed by atoms with Gasteiger partial charge in [-0.2, -0.15) is 4.31 Å². The molecule has 2 aromatic heterocycles. The van der Waals surface area contributed by atoms with Crippen LogP contribution in [0.15, 0.2) is 39.3 Å². The summed E-state index contributed by atoms with van der Waals surface area (Å²) in [5.74, 6) is -0.433. The molecule has 1 aromatic carbocycles. The number of thiophene rings is 1. The summed E-state index contributed by atoms with van der Waals surface area (Å²) in [5.41, 5.74) is 1.97. The van der Waals surface area contributed by atoms with Crippen molar-refractivity contribution >= 4 is 49.1 Å². The number of halogens is 1. The number of sulfonamides is 1. The minimum absolute atomic E-state index is 0.0590. The fourth-order valence-electron chi connectivity index (χ4n) is 3.08. The molecule has 1 saturated heterocycles. The molecule has 0 saturated carbocycles. The lowest BCUT2D eigenvalue weighted by Crippen LogP contribution is -2.40. The van der Waals surface area contributed by atoms with Crippen LogP contribution in [0.2, 0.25) is 5.02 Å². The highest BCUT2D eigenvalue weighted by Crippen LogP contribution is 2.24. The van der Waals surface area contributed by atoms with E-state index in [4.69, 9.17) is 16.3 Å². The van der Waals surface area contributed by atoms with Crippen LogP contribution in [-0.4, -0.2) is 54.6 Å². The minimum Gasteiger partial charge on any atom is -0.379 e. The van der Waals surface area contributed by atoms with Gasteiger partial charge in [-0.3, -0.25) is 15.0 Å². The normalized spacial score (nSPS) is 15.4. The Morgan fingerprint density at radius 2 is 2.00 bits per heavy atom. The van der Waals surface area contributed by atoms with Crippen LogP contribution in [0.5, 0.6) is 0 Å². The average molecular weight is 469 g/mol. The Hall–Kier alpha value is -2.31. The predicted molar refractivity (Wildman–Crippen MR) is 113 cm³/mol. The number of nitrogens with one attached hydrogen (secondary N) is 1. The van der Waals surface area contributed by atoms with E-state index in [9.17, 15) is 18.0 Å². The lowest BCUT2D eigenvalue weighted by molar-refractivity contribution is 0.0730. The van der Waals surface area contributed by atoms with Crippen molar-refractivity contribution in [2.24, 2.45) is 0 Å². The van der Waals surface area contributed by atoms with Gasteiger partial charge in [-0.15, -0.1) is 11.3 Å². The van der Waals surface area contributed by atoms with Gasteiger partial charge in [0, 0.05) is 13.1 Å². The molecule has 3 aromatic rings. The zero-order valence-corrected chi connectivity index (χ0v) is 18.2. The summed E-state index contributed by atoms with van der Waals surface area (Å²) in [7, 11) is -3.81. The second-order valence-electron chi connectivity index (χ2n) is 6.54. The molecule has 0 radical (unpaired) electrons. The number of rotatable bonds is 4. The molecule has 12 heteroatoms. The van der Waals surface area contributed by atoms with E-state index in [1.807, 2.05) is 0 Å². The number of hydrogen-bond donors (Lipinski definition) is 1. The molecule has 1 aliphatic rings. The van der Waals surface area contributed by atoms with Crippen molar-refractivity contribution < 1.29 is 17.9 Å². The average Bonchev–Trinajstić information content (AvgIpc) is 3.20. The molecule has 30 heavy (non-hydrogen) atoms. The van der Waals surface area contributed by atoms with Crippen molar-refractivity contribution in [3.05, 3.63) is 56.4 Å². The maximum Gasteiger partial charge on any atom is 0.281 e. The highest BCUT2D eigenvalue weighted by molar-refractivity contribution is 7.89. The van der Waals surface area contributed by atoms with E-state index < -0.39 is 21.5 Å². The molecule has 1 fully saturated rings. The number of fused-ring (bicyclic) bond motifs is 1. The van der Waals surface area contributed by atoms with Crippen LogP contribution >= 0.6 is 22.9 Å². The van der Waals surface area contributed by atoms with Gasteiger partial charge in [-0.25, -0.2) is 18.1 Å². The molecule has 0 atom stereocenters. The Balaban J connectivity index is 1.68. The van der Waals surface area contributed by atoms with Crippen LogP contribution in [0.3, 0.4) is 0 Å². The molecule has 0 spiro atoms. The topological polar surface area (TPSA) is 111 Å². The highest BCUT2D eigenvalue weighted by Gasteiger charge is 2.28. The zero-order chi connectivity index (χ0) is 21.5. The molecule has 3 heterocycles. The number of hydrogen-bond acceptors (Lipinski definition) is 7. The lowest BCUT2D eigenvalue weighted by atomic mass is 10.2. The SMILES string of the molecule is Cc1nc2sccc2c(=O)n1NC(=O)c1cc(S(=O)(=O)N2CCOCC2)ccc1Cl. The summed E-state index contributed by atoms with van der Waals surface area (Å²) in [6, 6.07) is 5.53. The number of aromatic nitrogens is 2. The Kier molecular flexibility index (Phi) is 5.64. The molecular weight excluding hydrogens is 452 g/mol. The predicted octanol–water partition coefficient (Wildman–Crippen LogP) is 1.82. The van der Waals surface area contributed by atoms with Crippen LogP contribution in [0.1, 0.15) is 16.2 Å². The van der Waals surface area contributed by atoms with E-state index in [1.165, 1.54) is 33.8 Å². The Morgan fingerprint density at radius 1 is 1.27 bits per heavy atom. The van der Waals surface area contributed by atoms with Gasteiger partial charge in [0.15, 0.2) is 0 Å². The largest absolute Gasteiger partial charge is 0.379 e. The number of carbonyl (C=O) groups is 1. The third kappa shape index (κ3) is 3.74. The van der Waals surface area contributed by atoms with Crippen LogP contribution < -0.4 is 11.0 Å². The number of nitrogens with zero attached hydrogens (tertiary/aromatic N) is 3.